The molecule has 0 aliphatic heterocycles. The molecular weight excluding hydrogens is 576 g/mol. The monoisotopic (exact) mass is 604 g/mol. The minimum Gasteiger partial charge on any atom is -0.494 e. The fourth-order valence-corrected chi connectivity index (χ4v) is 4.98. The van der Waals surface area contributed by atoms with Crippen molar-refractivity contribution in [3.63, 3.8) is 0 Å². The van der Waals surface area contributed by atoms with E-state index >= 15 is 0 Å². The number of nitrogens with zero attached hydrogens (tertiary/aromatic N) is 4. The molecule has 0 aliphatic carbocycles. The average Bonchev–Trinajstić information content (AvgIpc) is 3.00. The third kappa shape index (κ3) is 6.46. The van der Waals surface area contributed by atoms with Crippen LogP contribution in [0.3, 0.4) is 0 Å². The van der Waals surface area contributed by atoms with Crippen molar-refractivity contribution in [3.8, 4) is 11.4 Å². The number of pyridine rings is 1. The largest absolute Gasteiger partial charge is 0.494 e. The minimum absolute atomic E-state index is 0.0446. The normalized spacial score (nSPS) is 12.2. The maximum atomic E-state index is 14.4. The van der Waals surface area contributed by atoms with Gasteiger partial charge in [-0.25, -0.2) is 9.37 Å². The number of ether oxygens (including phenoxy) is 1. The quantitative estimate of drug-likeness (QED) is 0.176. The van der Waals surface area contributed by atoms with Crippen LogP contribution in [0.25, 0.3) is 16.6 Å². The summed E-state index contributed by atoms with van der Waals surface area (Å²) in [6, 6.07) is 18.8. The summed E-state index contributed by atoms with van der Waals surface area (Å²) in [5.41, 5.74) is -0.0900. The number of para-hydroxylation sites is 1. The summed E-state index contributed by atoms with van der Waals surface area (Å²) in [6.45, 7) is 4.08. The number of rotatable bonds is 9. The molecule has 0 saturated carbocycles. The number of halogens is 4. The SMILES string of the molecule is CCOc1ccc(-n2c([C@@H](C)N(Cc3cccnc3)C(=O)Cc3ccc(C(F)(F)F)c(F)c3)nc3ccccc3c2=O)cc1. The maximum absolute atomic E-state index is 14.4. The molecule has 11 heteroatoms. The Morgan fingerprint density at radius 3 is 2.41 bits per heavy atom. The Morgan fingerprint density at radius 2 is 1.75 bits per heavy atom. The van der Waals surface area contributed by atoms with Gasteiger partial charge < -0.3 is 9.64 Å². The first kappa shape index (κ1) is 30.4. The van der Waals surface area contributed by atoms with Gasteiger partial charge in [0.1, 0.15) is 17.4 Å². The average molecular weight is 605 g/mol. The van der Waals surface area contributed by atoms with Gasteiger partial charge in [-0.05, 0) is 79.6 Å². The van der Waals surface area contributed by atoms with E-state index < -0.39 is 29.5 Å². The Labute approximate surface area is 250 Å². The first-order valence-electron chi connectivity index (χ1n) is 13.9. The van der Waals surface area contributed by atoms with E-state index in [1.54, 1.807) is 80.0 Å². The zero-order chi connectivity index (χ0) is 31.4. The van der Waals surface area contributed by atoms with Crippen LogP contribution >= 0.6 is 0 Å². The summed E-state index contributed by atoms with van der Waals surface area (Å²) in [5.74, 6) is -1.10. The van der Waals surface area contributed by atoms with Crippen molar-refractivity contribution >= 4 is 16.8 Å². The van der Waals surface area contributed by atoms with E-state index in [0.29, 0.717) is 40.6 Å². The Kier molecular flexibility index (Phi) is 8.75. The summed E-state index contributed by atoms with van der Waals surface area (Å²) < 4.78 is 60.7. The molecule has 0 bridgehead atoms. The lowest BCUT2D eigenvalue weighted by molar-refractivity contribution is -0.140. The van der Waals surface area contributed by atoms with Crippen LogP contribution in [0.1, 0.15) is 42.4 Å². The summed E-state index contributed by atoms with van der Waals surface area (Å²) >= 11 is 0. The van der Waals surface area contributed by atoms with Crippen LogP contribution < -0.4 is 10.3 Å². The van der Waals surface area contributed by atoms with Gasteiger partial charge in [-0.3, -0.25) is 19.1 Å². The van der Waals surface area contributed by atoms with Crippen molar-refractivity contribution in [2.24, 2.45) is 0 Å². The molecule has 0 saturated heterocycles. The van der Waals surface area contributed by atoms with E-state index in [1.807, 2.05) is 6.92 Å². The highest BCUT2D eigenvalue weighted by molar-refractivity contribution is 5.80. The van der Waals surface area contributed by atoms with E-state index in [1.165, 1.54) is 9.47 Å². The molecule has 0 aliphatic rings. The van der Waals surface area contributed by atoms with Crippen LogP contribution in [0.5, 0.6) is 5.75 Å². The number of hydrogen-bond donors (Lipinski definition) is 0. The first-order valence-corrected chi connectivity index (χ1v) is 13.9. The fourth-order valence-electron chi connectivity index (χ4n) is 4.98. The molecule has 7 nitrogen and oxygen atoms in total. The number of hydrogen-bond acceptors (Lipinski definition) is 5. The molecule has 1 amide bonds. The topological polar surface area (TPSA) is 77.3 Å². The number of carbonyl (C=O) groups is 1. The lowest BCUT2D eigenvalue weighted by atomic mass is 10.1. The molecule has 0 spiro atoms. The van der Waals surface area contributed by atoms with E-state index in [4.69, 9.17) is 9.72 Å². The van der Waals surface area contributed by atoms with Crippen LogP contribution in [0.15, 0.2) is 96.1 Å². The fraction of sp³-hybridized carbons (Fsp3) is 0.212. The summed E-state index contributed by atoms with van der Waals surface area (Å²) in [7, 11) is 0. The molecule has 3 aromatic carbocycles. The number of carbonyl (C=O) groups excluding carboxylic acids is 1. The molecule has 1 atom stereocenters. The van der Waals surface area contributed by atoms with Crippen molar-refractivity contribution in [1.29, 1.82) is 0 Å². The van der Waals surface area contributed by atoms with Gasteiger partial charge in [0.05, 0.1) is 41.2 Å². The van der Waals surface area contributed by atoms with Crippen molar-refractivity contribution < 1.29 is 27.1 Å². The zero-order valence-electron chi connectivity index (χ0n) is 23.9. The molecular formula is C33H28F4N4O3. The molecule has 0 unspecified atom stereocenters. The number of benzene rings is 3. The number of aromatic nitrogens is 3. The van der Waals surface area contributed by atoms with Crippen molar-refractivity contribution in [1.82, 2.24) is 19.4 Å². The standard InChI is InChI=1S/C33H28F4N4O3/c1-3-44-25-13-11-24(12-14-25)41-31(39-29-9-5-4-8-26(29)32(41)43)21(2)40(20-23-7-6-16-38-19-23)30(42)18-22-10-15-27(28(34)17-22)33(35,36)37/h4-17,19,21H,3,18,20H2,1-2H3/t21-/m1/s1. The highest BCUT2D eigenvalue weighted by Gasteiger charge is 2.34. The molecule has 2 heterocycles. The molecule has 5 aromatic rings. The highest BCUT2D eigenvalue weighted by atomic mass is 19.4. The molecule has 226 valence electrons. The molecule has 0 N–H and O–H groups in total. The molecule has 0 fully saturated rings. The summed E-state index contributed by atoms with van der Waals surface area (Å²) in [5, 5.41) is 0.378. The van der Waals surface area contributed by atoms with Crippen LogP contribution in [-0.4, -0.2) is 31.9 Å². The second kappa shape index (κ2) is 12.7. The Balaban J connectivity index is 1.60. The predicted octanol–water partition coefficient (Wildman–Crippen LogP) is 6.67. The van der Waals surface area contributed by atoms with Gasteiger partial charge in [-0.2, -0.15) is 13.2 Å². The molecule has 2 aromatic heterocycles. The minimum atomic E-state index is -4.86. The van der Waals surface area contributed by atoms with Gasteiger partial charge in [-0.15, -0.1) is 0 Å². The Morgan fingerprint density at radius 1 is 1.00 bits per heavy atom. The van der Waals surface area contributed by atoms with E-state index in [0.717, 1.165) is 12.1 Å². The van der Waals surface area contributed by atoms with Gasteiger partial charge in [0.25, 0.3) is 5.56 Å². The number of fused-ring (bicyclic) bond motifs is 1. The van der Waals surface area contributed by atoms with Crippen LogP contribution in [0, 0.1) is 5.82 Å². The van der Waals surface area contributed by atoms with Gasteiger partial charge >= 0.3 is 6.18 Å². The van der Waals surface area contributed by atoms with E-state index in [2.05, 4.69) is 4.98 Å². The van der Waals surface area contributed by atoms with Crippen LogP contribution in [0.2, 0.25) is 0 Å². The summed E-state index contributed by atoms with van der Waals surface area (Å²) in [4.78, 5) is 38.2. The lowest BCUT2D eigenvalue weighted by Crippen LogP contribution is -2.38. The van der Waals surface area contributed by atoms with Gasteiger partial charge in [0, 0.05) is 18.9 Å². The smallest absolute Gasteiger partial charge is 0.419 e. The zero-order valence-corrected chi connectivity index (χ0v) is 23.9. The predicted molar refractivity (Wildman–Crippen MR) is 157 cm³/mol. The second-order valence-corrected chi connectivity index (χ2v) is 10.1. The maximum Gasteiger partial charge on any atom is 0.419 e. The highest BCUT2D eigenvalue weighted by Crippen LogP contribution is 2.32. The molecule has 0 radical (unpaired) electrons. The Hall–Kier alpha value is -5.06. The van der Waals surface area contributed by atoms with Gasteiger partial charge in [-0.1, -0.05) is 24.3 Å². The Bertz CT molecular complexity index is 1840. The molecule has 44 heavy (non-hydrogen) atoms. The molecule has 5 rings (SSSR count). The van der Waals surface area contributed by atoms with E-state index in [9.17, 15) is 27.2 Å². The first-order chi connectivity index (χ1) is 21.1. The van der Waals surface area contributed by atoms with E-state index in [-0.39, 0.29) is 29.9 Å². The summed E-state index contributed by atoms with van der Waals surface area (Å²) in [6.07, 6.45) is -2.09. The van der Waals surface area contributed by atoms with Gasteiger partial charge in [0.15, 0.2) is 0 Å². The van der Waals surface area contributed by atoms with Crippen LogP contribution in [0.4, 0.5) is 17.6 Å². The van der Waals surface area contributed by atoms with Crippen LogP contribution in [-0.2, 0) is 23.9 Å². The second-order valence-electron chi connectivity index (χ2n) is 10.1. The van der Waals surface area contributed by atoms with Crippen molar-refractivity contribution in [2.75, 3.05) is 6.61 Å². The van der Waals surface area contributed by atoms with Crippen molar-refractivity contribution in [3.05, 3.63) is 130 Å². The number of alkyl halides is 3. The lowest BCUT2D eigenvalue weighted by Gasteiger charge is -2.31. The third-order valence-corrected chi connectivity index (χ3v) is 7.14. The number of amides is 1. The van der Waals surface area contributed by atoms with Gasteiger partial charge in [0.2, 0.25) is 5.91 Å². The van der Waals surface area contributed by atoms with Crippen molar-refractivity contribution in [2.45, 2.75) is 39.0 Å². The third-order valence-electron chi connectivity index (χ3n) is 7.14.